The standard InChI is InChI=1S/C21H22Si/c1-2-9-18-12-6-7-14-20(18)22-21-15-8-13-19(21)16-17-10-4-3-5-11-17/h3-8,10-14H,2,9,15-16H2,1H3. The lowest BCUT2D eigenvalue weighted by atomic mass is 10.1. The van der Waals surface area contributed by atoms with Gasteiger partial charge in [0.2, 0.25) is 0 Å². The SMILES string of the molecule is CCCc1ccccc1[Si]C1=C(Cc2ccccc2)C=CC1. The van der Waals surface area contributed by atoms with Gasteiger partial charge >= 0.3 is 0 Å². The molecule has 2 aromatic carbocycles. The Morgan fingerprint density at radius 3 is 2.55 bits per heavy atom. The summed E-state index contributed by atoms with van der Waals surface area (Å²) in [4.78, 5) is 0. The van der Waals surface area contributed by atoms with Gasteiger partial charge in [0.05, 0.1) is 0 Å². The molecule has 0 atom stereocenters. The fraction of sp³-hybridized carbons (Fsp3) is 0.238. The van der Waals surface area contributed by atoms with Crippen molar-refractivity contribution >= 4 is 14.7 Å². The van der Waals surface area contributed by atoms with Crippen molar-refractivity contribution in [1.29, 1.82) is 0 Å². The van der Waals surface area contributed by atoms with Gasteiger partial charge in [0.1, 0.15) is 9.52 Å². The van der Waals surface area contributed by atoms with E-state index >= 15 is 0 Å². The highest BCUT2D eigenvalue weighted by Crippen LogP contribution is 2.22. The highest BCUT2D eigenvalue weighted by atomic mass is 28.2. The second-order valence-electron chi connectivity index (χ2n) is 5.80. The van der Waals surface area contributed by atoms with E-state index in [-0.39, 0.29) is 0 Å². The van der Waals surface area contributed by atoms with E-state index < -0.39 is 0 Å². The van der Waals surface area contributed by atoms with Crippen LogP contribution in [0.1, 0.15) is 30.9 Å². The quantitative estimate of drug-likeness (QED) is 0.693. The molecule has 0 bridgehead atoms. The number of benzene rings is 2. The van der Waals surface area contributed by atoms with Crippen LogP contribution in [-0.2, 0) is 12.8 Å². The number of hydrogen-bond donors (Lipinski definition) is 0. The first-order valence-electron chi connectivity index (χ1n) is 8.14. The van der Waals surface area contributed by atoms with Crippen molar-refractivity contribution < 1.29 is 0 Å². The molecule has 0 N–H and O–H groups in total. The van der Waals surface area contributed by atoms with Crippen molar-refractivity contribution in [1.82, 2.24) is 0 Å². The molecule has 1 aliphatic rings. The largest absolute Gasteiger partial charge is 0.117 e. The van der Waals surface area contributed by atoms with Crippen LogP contribution in [0.3, 0.4) is 0 Å². The van der Waals surface area contributed by atoms with Crippen molar-refractivity contribution in [3.05, 3.63) is 88.6 Å². The van der Waals surface area contributed by atoms with Crippen molar-refractivity contribution in [3.8, 4) is 0 Å². The maximum atomic E-state index is 2.33. The zero-order chi connectivity index (χ0) is 15.2. The summed E-state index contributed by atoms with van der Waals surface area (Å²) in [5.74, 6) is 0. The minimum atomic E-state index is 0.816. The lowest BCUT2D eigenvalue weighted by Gasteiger charge is -2.11. The molecule has 0 saturated carbocycles. The van der Waals surface area contributed by atoms with E-state index in [1.165, 1.54) is 34.7 Å². The Kier molecular flexibility index (Phi) is 5.07. The van der Waals surface area contributed by atoms with Gasteiger partial charge in [-0.25, -0.2) is 0 Å². The summed E-state index contributed by atoms with van der Waals surface area (Å²) in [6.07, 6.45) is 9.26. The van der Waals surface area contributed by atoms with Gasteiger partial charge < -0.3 is 0 Å². The Morgan fingerprint density at radius 2 is 1.73 bits per heavy atom. The zero-order valence-electron chi connectivity index (χ0n) is 13.2. The van der Waals surface area contributed by atoms with Crippen molar-refractivity contribution in [2.24, 2.45) is 0 Å². The molecule has 0 spiro atoms. The highest BCUT2D eigenvalue weighted by molar-refractivity contribution is 6.61. The van der Waals surface area contributed by atoms with E-state index in [0.29, 0.717) is 0 Å². The average Bonchev–Trinajstić information content (AvgIpc) is 2.97. The van der Waals surface area contributed by atoms with E-state index in [2.05, 4.69) is 73.7 Å². The van der Waals surface area contributed by atoms with E-state index in [0.717, 1.165) is 22.4 Å². The Bertz CT molecular complexity index is 680. The van der Waals surface area contributed by atoms with Gasteiger partial charge in [-0.05, 0) is 36.0 Å². The third-order valence-corrected chi connectivity index (χ3v) is 5.67. The minimum absolute atomic E-state index is 0.816. The summed E-state index contributed by atoms with van der Waals surface area (Å²) >= 11 is 0. The lowest BCUT2D eigenvalue weighted by Crippen LogP contribution is -2.21. The molecule has 110 valence electrons. The van der Waals surface area contributed by atoms with Gasteiger partial charge in [-0.1, -0.05) is 90.5 Å². The van der Waals surface area contributed by atoms with Gasteiger partial charge in [0, 0.05) is 0 Å². The first-order chi connectivity index (χ1) is 10.9. The highest BCUT2D eigenvalue weighted by Gasteiger charge is 2.13. The number of rotatable bonds is 6. The molecule has 0 fully saturated rings. The van der Waals surface area contributed by atoms with Crippen LogP contribution in [0, 0.1) is 0 Å². The number of aryl methyl sites for hydroxylation is 1. The van der Waals surface area contributed by atoms with Gasteiger partial charge in [-0.3, -0.25) is 0 Å². The third kappa shape index (κ3) is 3.66. The number of hydrogen-bond acceptors (Lipinski definition) is 0. The van der Waals surface area contributed by atoms with Crippen LogP contribution in [0.5, 0.6) is 0 Å². The lowest BCUT2D eigenvalue weighted by molar-refractivity contribution is 0.927. The molecule has 1 aliphatic carbocycles. The van der Waals surface area contributed by atoms with E-state index in [9.17, 15) is 0 Å². The molecule has 0 aromatic heterocycles. The summed E-state index contributed by atoms with van der Waals surface area (Å²) in [5.41, 5.74) is 4.46. The van der Waals surface area contributed by atoms with Crippen LogP contribution < -0.4 is 5.19 Å². The molecule has 2 radical (unpaired) electrons. The summed E-state index contributed by atoms with van der Waals surface area (Å²) in [5, 5.41) is 3.15. The van der Waals surface area contributed by atoms with E-state index in [1.54, 1.807) is 5.20 Å². The molecule has 22 heavy (non-hydrogen) atoms. The Labute approximate surface area is 136 Å². The zero-order valence-corrected chi connectivity index (χ0v) is 14.2. The third-order valence-electron chi connectivity index (χ3n) is 4.09. The summed E-state index contributed by atoms with van der Waals surface area (Å²) in [6, 6.07) is 19.8. The average molecular weight is 302 g/mol. The molecular weight excluding hydrogens is 280 g/mol. The molecule has 0 nitrogen and oxygen atoms in total. The van der Waals surface area contributed by atoms with Crippen molar-refractivity contribution in [2.45, 2.75) is 32.6 Å². The van der Waals surface area contributed by atoms with Crippen LogP contribution in [-0.4, -0.2) is 9.52 Å². The first kappa shape index (κ1) is 15.0. The van der Waals surface area contributed by atoms with Crippen LogP contribution in [0.25, 0.3) is 0 Å². The maximum Gasteiger partial charge on any atom is 0.117 e. The maximum absolute atomic E-state index is 2.33. The predicted octanol–water partition coefficient (Wildman–Crippen LogP) is 4.43. The summed E-state index contributed by atoms with van der Waals surface area (Å²) < 4.78 is 0. The number of allylic oxidation sites excluding steroid dienone is 4. The second kappa shape index (κ2) is 7.41. The van der Waals surface area contributed by atoms with Crippen LogP contribution in [0.4, 0.5) is 0 Å². The van der Waals surface area contributed by atoms with E-state index in [1.807, 2.05) is 0 Å². The molecule has 0 aliphatic heterocycles. The molecule has 3 rings (SSSR count). The smallest absolute Gasteiger partial charge is 0.0806 e. The molecule has 0 heterocycles. The topological polar surface area (TPSA) is 0 Å². The minimum Gasteiger partial charge on any atom is -0.0806 e. The fourth-order valence-electron chi connectivity index (χ4n) is 2.96. The molecular formula is C21H22Si. The van der Waals surface area contributed by atoms with Gasteiger partial charge in [0.25, 0.3) is 0 Å². The van der Waals surface area contributed by atoms with Crippen LogP contribution in [0.15, 0.2) is 77.5 Å². The van der Waals surface area contributed by atoms with Gasteiger partial charge in [-0.15, -0.1) is 0 Å². The van der Waals surface area contributed by atoms with Gasteiger partial charge in [0.15, 0.2) is 0 Å². The predicted molar refractivity (Wildman–Crippen MR) is 96.8 cm³/mol. The van der Waals surface area contributed by atoms with E-state index in [4.69, 9.17) is 0 Å². The summed E-state index contributed by atoms with van der Waals surface area (Å²) in [6.45, 7) is 2.26. The monoisotopic (exact) mass is 302 g/mol. The Hall–Kier alpha value is -1.86. The normalized spacial score (nSPS) is 13.9. The molecule has 2 aromatic rings. The Balaban J connectivity index is 1.80. The Morgan fingerprint density at radius 1 is 0.955 bits per heavy atom. The van der Waals surface area contributed by atoms with Crippen LogP contribution >= 0.6 is 0 Å². The van der Waals surface area contributed by atoms with Crippen molar-refractivity contribution in [3.63, 3.8) is 0 Å². The van der Waals surface area contributed by atoms with Crippen molar-refractivity contribution in [2.75, 3.05) is 0 Å². The molecule has 0 amide bonds. The fourth-order valence-corrected chi connectivity index (χ4v) is 4.38. The molecule has 0 saturated heterocycles. The first-order valence-corrected chi connectivity index (χ1v) is 9.14. The molecule has 1 heteroatoms. The summed E-state index contributed by atoms with van der Waals surface area (Å²) in [7, 11) is 0.816. The van der Waals surface area contributed by atoms with Crippen LogP contribution in [0.2, 0.25) is 0 Å². The van der Waals surface area contributed by atoms with Gasteiger partial charge in [-0.2, -0.15) is 0 Å². The molecule has 0 unspecified atom stereocenters. The second-order valence-corrected chi connectivity index (χ2v) is 7.20.